The number of unbranched alkanes of at least 4 members (excludes halogenated alkanes) is 30. The fourth-order valence-corrected chi connectivity index (χ4v) is 10.6. The molecule has 0 aliphatic heterocycles. The van der Waals surface area contributed by atoms with E-state index in [9.17, 15) is 43.2 Å². The highest BCUT2D eigenvalue weighted by Gasteiger charge is 2.30. The largest absolute Gasteiger partial charge is 0.472 e. The molecule has 0 aromatic carbocycles. The van der Waals surface area contributed by atoms with Crippen LogP contribution in [0.15, 0.2) is 0 Å². The zero-order valence-corrected chi connectivity index (χ0v) is 53.2. The summed E-state index contributed by atoms with van der Waals surface area (Å²) >= 11 is 0. The molecule has 474 valence electrons. The first-order chi connectivity index (χ1) is 38.4. The van der Waals surface area contributed by atoms with Crippen LogP contribution in [0, 0.1) is 11.8 Å². The van der Waals surface area contributed by atoms with Crippen LogP contribution < -0.4 is 0 Å². The molecule has 0 heterocycles. The quantitative estimate of drug-likeness (QED) is 0.0222. The number of ether oxygens (including phenoxy) is 4. The van der Waals surface area contributed by atoms with Gasteiger partial charge in [0.1, 0.15) is 19.3 Å². The number of rotatable bonds is 60. The van der Waals surface area contributed by atoms with Gasteiger partial charge in [-0.1, -0.05) is 247 Å². The Morgan fingerprint density at radius 3 is 0.850 bits per heavy atom. The van der Waals surface area contributed by atoms with E-state index in [1.54, 1.807) is 0 Å². The average molecular weight is 1190 g/mol. The van der Waals surface area contributed by atoms with Gasteiger partial charge in [-0.15, -0.1) is 0 Å². The van der Waals surface area contributed by atoms with E-state index >= 15 is 0 Å². The fraction of sp³-hybridized carbons (Fsp3) is 0.934. The van der Waals surface area contributed by atoms with E-state index in [0.29, 0.717) is 25.7 Å². The molecule has 5 atom stereocenters. The summed E-state index contributed by atoms with van der Waals surface area (Å²) in [7, 11) is -9.87. The SMILES string of the molecule is CCCCCCCCCCC(=O)OC[C@H](COP(=O)(O)OC[C@H](O)COP(=O)(O)OC[C@@H](COC(=O)CCCCCCCCCCC(C)C)OC(=O)CCCCCCCCCCCCC(C)C)OC(=O)CCCCCCCCCC. The van der Waals surface area contributed by atoms with Crippen molar-refractivity contribution < 1.29 is 80.2 Å². The lowest BCUT2D eigenvalue weighted by Crippen LogP contribution is -2.30. The maximum absolute atomic E-state index is 12.9. The molecule has 0 spiro atoms. The Bertz CT molecular complexity index is 1580. The monoisotopic (exact) mass is 1180 g/mol. The Balaban J connectivity index is 5.22. The van der Waals surface area contributed by atoms with Crippen LogP contribution >= 0.6 is 15.6 Å². The first-order valence-electron chi connectivity index (χ1n) is 32.0. The molecular formula is C61H118O17P2. The topological polar surface area (TPSA) is 237 Å². The first kappa shape index (κ1) is 78.1. The van der Waals surface area contributed by atoms with Crippen LogP contribution in [0.25, 0.3) is 0 Å². The molecule has 0 fully saturated rings. The van der Waals surface area contributed by atoms with Crippen molar-refractivity contribution in [3.63, 3.8) is 0 Å². The number of aliphatic hydroxyl groups is 1. The van der Waals surface area contributed by atoms with E-state index in [4.69, 9.17) is 37.0 Å². The van der Waals surface area contributed by atoms with Crippen molar-refractivity contribution in [1.29, 1.82) is 0 Å². The summed E-state index contributed by atoms with van der Waals surface area (Å²) in [4.78, 5) is 71.9. The minimum atomic E-state index is -4.94. The van der Waals surface area contributed by atoms with Crippen molar-refractivity contribution in [1.82, 2.24) is 0 Å². The van der Waals surface area contributed by atoms with E-state index in [2.05, 4.69) is 41.5 Å². The number of phosphoric acid groups is 2. The van der Waals surface area contributed by atoms with Crippen molar-refractivity contribution in [2.75, 3.05) is 39.6 Å². The van der Waals surface area contributed by atoms with Crippen molar-refractivity contribution in [3.8, 4) is 0 Å². The van der Waals surface area contributed by atoms with E-state index in [-0.39, 0.29) is 25.7 Å². The summed E-state index contributed by atoms with van der Waals surface area (Å²) in [6.07, 6.45) is 34.9. The minimum Gasteiger partial charge on any atom is -0.462 e. The Morgan fingerprint density at radius 2 is 0.575 bits per heavy atom. The van der Waals surface area contributed by atoms with E-state index in [1.165, 1.54) is 103 Å². The second-order valence-corrected chi connectivity index (χ2v) is 25.9. The van der Waals surface area contributed by atoms with Crippen LogP contribution in [0.4, 0.5) is 0 Å². The molecule has 0 radical (unpaired) electrons. The Labute approximate surface area is 486 Å². The molecule has 19 heteroatoms. The summed E-state index contributed by atoms with van der Waals surface area (Å²) in [6, 6.07) is 0. The van der Waals surface area contributed by atoms with Crippen molar-refractivity contribution in [3.05, 3.63) is 0 Å². The van der Waals surface area contributed by atoms with Gasteiger partial charge in [0, 0.05) is 25.7 Å². The summed E-state index contributed by atoms with van der Waals surface area (Å²) in [5.74, 6) is -0.665. The molecule has 0 saturated heterocycles. The number of hydrogen-bond acceptors (Lipinski definition) is 15. The molecule has 3 N–H and O–H groups in total. The molecule has 0 bridgehead atoms. The fourth-order valence-electron chi connectivity index (χ4n) is 9.00. The van der Waals surface area contributed by atoms with Gasteiger partial charge in [-0.25, -0.2) is 9.13 Å². The zero-order valence-electron chi connectivity index (χ0n) is 51.4. The Hall–Kier alpha value is -1.94. The van der Waals surface area contributed by atoms with Gasteiger partial charge in [-0.2, -0.15) is 0 Å². The summed E-state index contributed by atoms with van der Waals surface area (Å²) in [5.41, 5.74) is 0. The molecule has 0 aliphatic rings. The van der Waals surface area contributed by atoms with Crippen molar-refractivity contribution in [2.24, 2.45) is 11.8 Å². The van der Waals surface area contributed by atoms with Crippen LogP contribution in [0.3, 0.4) is 0 Å². The lowest BCUT2D eigenvalue weighted by Gasteiger charge is -2.21. The van der Waals surface area contributed by atoms with Gasteiger partial charge >= 0.3 is 39.5 Å². The Morgan fingerprint density at radius 1 is 0.338 bits per heavy atom. The Kier molecular flexibility index (Phi) is 52.5. The normalized spacial score (nSPS) is 14.4. The lowest BCUT2D eigenvalue weighted by molar-refractivity contribution is -0.161. The second kappa shape index (κ2) is 53.8. The van der Waals surface area contributed by atoms with Gasteiger partial charge in [0.25, 0.3) is 0 Å². The van der Waals surface area contributed by atoms with Gasteiger partial charge in [0.15, 0.2) is 12.2 Å². The highest BCUT2D eigenvalue weighted by atomic mass is 31.2. The third-order valence-electron chi connectivity index (χ3n) is 14.0. The summed E-state index contributed by atoms with van der Waals surface area (Å²) < 4.78 is 67.7. The maximum Gasteiger partial charge on any atom is 0.472 e. The van der Waals surface area contributed by atoms with Crippen molar-refractivity contribution >= 4 is 39.5 Å². The minimum absolute atomic E-state index is 0.104. The highest BCUT2D eigenvalue weighted by Crippen LogP contribution is 2.45. The van der Waals surface area contributed by atoms with Gasteiger partial charge in [-0.3, -0.25) is 37.3 Å². The zero-order chi connectivity index (χ0) is 59.4. The number of carbonyl (C=O) groups excluding carboxylic acids is 4. The standard InChI is InChI=1S/C61H118O17P2/c1-7-9-11-13-15-25-31-37-43-58(63)71-49-56(77-60(65)45-39-33-26-16-14-12-10-8-2)51-75-79(67,68)73-47-55(62)48-74-80(69,70)76-52-57(50-72-59(64)44-38-32-27-22-21-24-30-36-42-54(5)6)78-61(66)46-40-34-28-20-18-17-19-23-29-35-41-53(3)4/h53-57,62H,7-52H2,1-6H3,(H,67,68)(H,69,70)/t55-,56+,57+/m0/s1. The van der Waals surface area contributed by atoms with Gasteiger partial charge in [0.05, 0.1) is 26.4 Å². The van der Waals surface area contributed by atoms with Crippen LogP contribution in [0.1, 0.15) is 298 Å². The van der Waals surface area contributed by atoms with Crippen LogP contribution in [0.2, 0.25) is 0 Å². The molecule has 17 nitrogen and oxygen atoms in total. The van der Waals surface area contributed by atoms with Crippen LogP contribution in [-0.4, -0.2) is 96.7 Å². The van der Waals surface area contributed by atoms with Crippen molar-refractivity contribution in [2.45, 2.75) is 317 Å². The predicted octanol–water partition coefficient (Wildman–Crippen LogP) is 16.5. The molecule has 0 aromatic rings. The average Bonchev–Trinajstić information content (AvgIpc) is 3.41. The second-order valence-electron chi connectivity index (χ2n) is 23.0. The number of carbonyl (C=O) groups is 4. The van der Waals surface area contributed by atoms with E-state index in [1.807, 2.05) is 0 Å². The highest BCUT2D eigenvalue weighted by molar-refractivity contribution is 7.47. The van der Waals surface area contributed by atoms with Crippen LogP contribution in [-0.2, 0) is 65.4 Å². The lowest BCUT2D eigenvalue weighted by atomic mass is 10.0. The van der Waals surface area contributed by atoms with Crippen LogP contribution in [0.5, 0.6) is 0 Å². The summed E-state index contributed by atoms with van der Waals surface area (Å²) in [6.45, 7) is 9.37. The third-order valence-corrected chi connectivity index (χ3v) is 15.9. The molecule has 0 amide bonds. The molecular weight excluding hydrogens is 1070 g/mol. The van der Waals surface area contributed by atoms with Gasteiger partial charge in [0.2, 0.25) is 0 Å². The number of hydrogen-bond donors (Lipinski definition) is 3. The number of phosphoric ester groups is 2. The molecule has 0 rings (SSSR count). The summed E-state index contributed by atoms with van der Waals surface area (Å²) in [5, 5.41) is 10.5. The predicted molar refractivity (Wildman–Crippen MR) is 317 cm³/mol. The molecule has 0 aromatic heterocycles. The molecule has 80 heavy (non-hydrogen) atoms. The smallest absolute Gasteiger partial charge is 0.462 e. The van der Waals surface area contributed by atoms with Gasteiger partial charge in [-0.05, 0) is 37.5 Å². The molecule has 0 saturated carbocycles. The van der Waals surface area contributed by atoms with Gasteiger partial charge < -0.3 is 33.8 Å². The molecule has 2 unspecified atom stereocenters. The first-order valence-corrected chi connectivity index (χ1v) is 35.0. The number of esters is 4. The maximum atomic E-state index is 12.9. The molecule has 0 aliphatic carbocycles. The van der Waals surface area contributed by atoms with E-state index < -0.39 is 97.5 Å². The number of aliphatic hydroxyl groups excluding tert-OH is 1. The third kappa shape index (κ3) is 55.3. The van der Waals surface area contributed by atoms with E-state index in [0.717, 1.165) is 115 Å².